The van der Waals surface area contributed by atoms with Gasteiger partial charge in [-0.25, -0.2) is 9.97 Å². The minimum atomic E-state index is 0.0131. The van der Waals surface area contributed by atoms with Crippen LogP contribution in [0.3, 0.4) is 0 Å². The minimum Gasteiger partial charge on any atom is -0.369 e. The van der Waals surface area contributed by atoms with Crippen LogP contribution in [-0.2, 0) is 0 Å². The third kappa shape index (κ3) is 3.64. The van der Waals surface area contributed by atoms with Crippen molar-refractivity contribution in [1.29, 1.82) is 0 Å². The molecule has 1 aliphatic rings. The Morgan fingerprint density at radius 2 is 2.04 bits per heavy atom. The van der Waals surface area contributed by atoms with E-state index >= 15 is 0 Å². The predicted molar refractivity (Wildman–Crippen MR) is 108 cm³/mol. The smallest absolute Gasteiger partial charge is 0.188 e. The summed E-state index contributed by atoms with van der Waals surface area (Å²) in [4.78, 5) is 33.6. The van der Waals surface area contributed by atoms with Crippen LogP contribution < -0.4 is 5.32 Å². The van der Waals surface area contributed by atoms with Crippen molar-refractivity contribution in [2.24, 2.45) is 4.99 Å². The maximum Gasteiger partial charge on any atom is 0.188 e. The van der Waals surface area contributed by atoms with Gasteiger partial charge in [-0.1, -0.05) is 6.92 Å². The van der Waals surface area contributed by atoms with Gasteiger partial charge in [0.25, 0.3) is 0 Å². The number of hydrogen-bond donors (Lipinski definition) is 1. The zero-order valence-corrected chi connectivity index (χ0v) is 15.8. The lowest BCUT2D eigenvalue weighted by molar-refractivity contribution is 0.0996. The molecule has 4 heterocycles. The van der Waals surface area contributed by atoms with Crippen LogP contribution in [0.15, 0.2) is 48.0 Å². The molecule has 0 fully saturated rings. The summed E-state index contributed by atoms with van der Waals surface area (Å²) in [5, 5.41) is 3.35. The molecule has 0 unspecified atom stereocenters. The summed E-state index contributed by atoms with van der Waals surface area (Å²) in [7, 11) is 0. The number of anilines is 1. The van der Waals surface area contributed by atoms with E-state index < -0.39 is 0 Å². The van der Waals surface area contributed by atoms with E-state index in [0.29, 0.717) is 24.3 Å². The Balaban J connectivity index is 1.51. The maximum absolute atomic E-state index is 12.0. The molecular weight excluding hydrogens is 352 g/mol. The number of pyridine rings is 2. The van der Waals surface area contributed by atoms with Crippen LogP contribution in [0.1, 0.15) is 41.0 Å². The Kier molecular flexibility index (Phi) is 4.89. The second-order valence-electron chi connectivity index (χ2n) is 6.80. The van der Waals surface area contributed by atoms with Crippen molar-refractivity contribution in [2.75, 3.05) is 11.9 Å². The lowest BCUT2D eigenvalue weighted by atomic mass is 9.96. The molecule has 140 valence electrons. The summed E-state index contributed by atoms with van der Waals surface area (Å²) in [5.74, 6) is 0.873. The number of hydrogen-bond acceptors (Lipinski definition) is 7. The van der Waals surface area contributed by atoms with Gasteiger partial charge in [-0.05, 0) is 30.7 Å². The van der Waals surface area contributed by atoms with Gasteiger partial charge < -0.3 is 5.32 Å². The Morgan fingerprint density at radius 3 is 2.86 bits per heavy atom. The van der Waals surface area contributed by atoms with Gasteiger partial charge in [0.2, 0.25) is 0 Å². The first-order valence-electron chi connectivity index (χ1n) is 9.15. The van der Waals surface area contributed by atoms with Gasteiger partial charge in [0.15, 0.2) is 5.78 Å². The predicted octanol–water partition coefficient (Wildman–Crippen LogP) is 3.75. The fourth-order valence-electron chi connectivity index (χ4n) is 3.12. The van der Waals surface area contributed by atoms with Crippen molar-refractivity contribution in [1.82, 2.24) is 19.9 Å². The molecule has 1 aliphatic heterocycles. The number of nitrogens with zero attached hydrogens (tertiary/aromatic N) is 5. The molecule has 0 aromatic carbocycles. The number of nitrogens with one attached hydrogen (secondary N) is 1. The van der Waals surface area contributed by atoms with Crippen LogP contribution in [0.4, 0.5) is 11.5 Å². The Hall–Kier alpha value is -3.48. The summed E-state index contributed by atoms with van der Waals surface area (Å²) < 4.78 is 0. The van der Waals surface area contributed by atoms with E-state index in [0.717, 1.165) is 28.3 Å². The molecule has 4 rings (SSSR count). The molecule has 0 amide bonds. The van der Waals surface area contributed by atoms with E-state index in [9.17, 15) is 4.79 Å². The third-order valence-corrected chi connectivity index (χ3v) is 4.71. The highest BCUT2D eigenvalue weighted by atomic mass is 16.1. The molecule has 0 saturated heterocycles. The second-order valence-corrected chi connectivity index (χ2v) is 6.80. The number of aromatic nitrogens is 4. The van der Waals surface area contributed by atoms with Crippen LogP contribution >= 0.6 is 0 Å². The van der Waals surface area contributed by atoms with Gasteiger partial charge >= 0.3 is 0 Å². The molecule has 3 aromatic rings. The average Bonchev–Trinajstić information content (AvgIpc) is 2.73. The van der Waals surface area contributed by atoms with Gasteiger partial charge in [-0.15, -0.1) is 0 Å². The first-order valence-corrected chi connectivity index (χ1v) is 9.15. The van der Waals surface area contributed by atoms with Crippen molar-refractivity contribution in [3.8, 4) is 11.3 Å². The molecule has 7 heteroatoms. The number of aryl methyl sites for hydroxylation is 1. The van der Waals surface area contributed by atoms with Crippen molar-refractivity contribution < 1.29 is 4.79 Å². The molecule has 0 aliphatic carbocycles. The number of rotatable bonds is 5. The third-order valence-electron chi connectivity index (χ3n) is 4.71. The van der Waals surface area contributed by atoms with Gasteiger partial charge in [0.1, 0.15) is 17.8 Å². The summed E-state index contributed by atoms with van der Waals surface area (Å²) in [6.07, 6.45) is 6.99. The zero-order valence-electron chi connectivity index (χ0n) is 15.8. The lowest BCUT2D eigenvalue weighted by Crippen LogP contribution is -2.14. The number of carbonyl (C=O) groups is 1. The van der Waals surface area contributed by atoms with Gasteiger partial charge in [0, 0.05) is 54.8 Å². The van der Waals surface area contributed by atoms with Gasteiger partial charge in [-0.2, -0.15) is 0 Å². The molecule has 0 saturated carbocycles. The lowest BCUT2D eigenvalue weighted by Gasteiger charge is -2.18. The van der Waals surface area contributed by atoms with Gasteiger partial charge in [-0.3, -0.25) is 19.8 Å². The first-order chi connectivity index (χ1) is 13.6. The summed E-state index contributed by atoms with van der Waals surface area (Å²) in [6, 6.07) is 7.78. The molecule has 1 N–H and O–H groups in total. The van der Waals surface area contributed by atoms with Crippen molar-refractivity contribution in [3.05, 3.63) is 59.9 Å². The fourth-order valence-corrected chi connectivity index (χ4v) is 3.12. The van der Waals surface area contributed by atoms with Crippen LogP contribution in [0, 0.1) is 6.92 Å². The highest BCUT2D eigenvalue weighted by molar-refractivity contribution is 6.09. The van der Waals surface area contributed by atoms with Crippen LogP contribution in [0.25, 0.3) is 11.3 Å². The largest absolute Gasteiger partial charge is 0.369 e. The van der Waals surface area contributed by atoms with E-state index in [1.807, 2.05) is 37.4 Å². The Bertz CT molecular complexity index is 1050. The molecular formula is C21H20N6O. The second kappa shape index (κ2) is 7.64. The van der Waals surface area contributed by atoms with Crippen LogP contribution in [0.2, 0.25) is 0 Å². The monoisotopic (exact) mass is 372 g/mol. The van der Waals surface area contributed by atoms with Crippen LogP contribution in [-0.4, -0.2) is 38.5 Å². The highest BCUT2D eigenvalue weighted by Crippen LogP contribution is 2.32. The Morgan fingerprint density at radius 1 is 1.14 bits per heavy atom. The molecule has 0 radical (unpaired) electrons. The fraction of sp³-hybridized carbons (Fsp3) is 0.238. The SMILES string of the molecule is Cc1ccc(-c2cc(NC[C@@H](C)c3ccnc4c3N=CCC4=O)ncn2)cn1. The number of carbonyl (C=O) groups excluding carboxylic acids is 1. The highest BCUT2D eigenvalue weighted by Gasteiger charge is 2.21. The topological polar surface area (TPSA) is 93.0 Å². The first kappa shape index (κ1) is 17.9. The van der Waals surface area contributed by atoms with E-state index in [-0.39, 0.29) is 11.7 Å². The molecule has 28 heavy (non-hydrogen) atoms. The summed E-state index contributed by atoms with van der Waals surface area (Å²) in [6.45, 7) is 4.68. The number of fused-ring (bicyclic) bond motifs is 1. The zero-order chi connectivity index (χ0) is 19.5. The van der Waals surface area contributed by atoms with E-state index in [1.54, 1.807) is 18.7 Å². The molecule has 3 aromatic heterocycles. The summed E-state index contributed by atoms with van der Waals surface area (Å²) >= 11 is 0. The van der Waals surface area contributed by atoms with Crippen molar-refractivity contribution >= 4 is 23.5 Å². The molecule has 0 spiro atoms. The van der Waals surface area contributed by atoms with E-state index in [4.69, 9.17) is 0 Å². The number of aliphatic imine (C=N–C) groups is 1. The van der Waals surface area contributed by atoms with E-state index in [2.05, 4.69) is 37.2 Å². The van der Waals surface area contributed by atoms with Crippen LogP contribution in [0.5, 0.6) is 0 Å². The normalized spacial score (nSPS) is 13.9. The standard InChI is InChI=1S/C21H20N6O/c1-13(16-5-7-23-21-18(28)6-8-22-20(16)21)10-25-19-9-17(26-12-27-19)15-4-3-14(2)24-11-15/h3-5,7-9,11-13H,6,10H2,1-2H3,(H,25,26,27)/t13-/m1/s1. The average molecular weight is 372 g/mol. The van der Waals surface area contributed by atoms with Gasteiger partial charge in [0.05, 0.1) is 11.4 Å². The number of ketones is 1. The van der Waals surface area contributed by atoms with Crippen molar-refractivity contribution in [2.45, 2.75) is 26.2 Å². The molecule has 0 bridgehead atoms. The quantitative estimate of drug-likeness (QED) is 0.733. The summed E-state index contributed by atoms with van der Waals surface area (Å²) in [5.41, 5.74) is 4.87. The molecule has 1 atom stereocenters. The van der Waals surface area contributed by atoms with Crippen molar-refractivity contribution in [3.63, 3.8) is 0 Å². The maximum atomic E-state index is 12.0. The van der Waals surface area contributed by atoms with E-state index in [1.165, 1.54) is 0 Å². The Labute approximate surface area is 163 Å². The minimum absolute atomic E-state index is 0.0131. The molecule has 7 nitrogen and oxygen atoms in total. The number of Topliss-reactive ketones (excluding diaryl/α,β-unsaturated/α-hetero) is 1.